The van der Waals surface area contributed by atoms with Gasteiger partial charge in [-0.25, -0.2) is 0 Å². The Hall–Kier alpha value is -0.900. The Labute approximate surface area is 96.3 Å². The van der Waals surface area contributed by atoms with Gasteiger partial charge in [-0.1, -0.05) is 24.4 Å². The van der Waals surface area contributed by atoms with Crippen LogP contribution in [0.4, 0.5) is 0 Å². The van der Waals surface area contributed by atoms with Crippen LogP contribution in [0, 0.1) is 5.92 Å². The van der Waals surface area contributed by atoms with E-state index in [0.717, 1.165) is 38.5 Å². The van der Waals surface area contributed by atoms with Crippen LogP contribution in [0.25, 0.3) is 0 Å². The maximum Gasteiger partial charge on any atom is 0.177 e. The number of nitrogens with zero attached hydrogens (tertiary/aromatic N) is 1. The van der Waals surface area contributed by atoms with E-state index in [-0.39, 0.29) is 17.6 Å². The minimum absolute atomic E-state index is 0.162. The summed E-state index contributed by atoms with van der Waals surface area (Å²) < 4.78 is 0. The molecular weight excluding hydrogens is 206 g/mol. The lowest BCUT2D eigenvalue weighted by Crippen LogP contribution is -2.19. The third kappa shape index (κ3) is 4.31. The molecule has 0 spiro atoms. The molecule has 0 aromatic carbocycles. The summed E-state index contributed by atoms with van der Waals surface area (Å²) in [5.41, 5.74) is 0.264. The molecule has 0 aromatic heterocycles. The predicted octanol–water partition coefficient (Wildman–Crippen LogP) is 2.13. The fourth-order valence-electron chi connectivity index (χ4n) is 2.26. The van der Waals surface area contributed by atoms with Crippen molar-refractivity contribution < 1.29 is 15.1 Å². The largest absolute Gasteiger partial charge is 0.411 e. The van der Waals surface area contributed by atoms with Gasteiger partial charge in [0.25, 0.3) is 0 Å². The molecule has 4 nitrogen and oxygen atoms in total. The van der Waals surface area contributed by atoms with Gasteiger partial charge in [0.1, 0.15) is 5.71 Å². The number of hydrogen-bond donors (Lipinski definition) is 2. The summed E-state index contributed by atoms with van der Waals surface area (Å²) in [5, 5.41) is 21.4. The molecule has 1 aliphatic rings. The van der Waals surface area contributed by atoms with E-state index in [1.54, 1.807) is 0 Å². The van der Waals surface area contributed by atoms with Crippen molar-refractivity contribution in [2.45, 2.75) is 58.0 Å². The van der Waals surface area contributed by atoms with Crippen LogP contribution in [0.3, 0.4) is 0 Å². The molecule has 0 aliphatic heterocycles. The van der Waals surface area contributed by atoms with E-state index in [9.17, 15) is 9.90 Å². The number of hydrogen-bond acceptors (Lipinski definition) is 4. The summed E-state index contributed by atoms with van der Waals surface area (Å²) in [6, 6.07) is 0. The zero-order valence-corrected chi connectivity index (χ0v) is 9.85. The molecule has 0 aromatic rings. The van der Waals surface area contributed by atoms with Crippen molar-refractivity contribution in [3.8, 4) is 0 Å². The van der Waals surface area contributed by atoms with E-state index in [4.69, 9.17) is 5.21 Å². The average molecular weight is 227 g/mol. The molecule has 0 bridgehead atoms. The van der Waals surface area contributed by atoms with Gasteiger partial charge in [-0.2, -0.15) is 0 Å². The highest BCUT2D eigenvalue weighted by molar-refractivity contribution is 6.38. The maximum absolute atomic E-state index is 11.1. The number of carbonyl (C=O) groups is 1. The lowest BCUT2D eigenvalue weighted by Gasteiger charge is -2.22. The Bertz CT molecular complexity index is 263. The van der Waals surface area contributed by atoms with Gasteiger partial charge in [0.2, 0.25) is 0 Å². The van der Waals surface area contributed by atoms with Gasteiger partial charge in [0, 0.05) is 6.92 Å². The van der Waals surface area contributed by atoms with E-state index < -0.39 is 0 Å². The van der Waals surface area contributed by atoms with Crippen LogP contribution in [-0.4, -0.2) is 27.9 Å². The van der Waals surface area contributed by atoms with Crippen LogP contribution >= 0.6 is 0 Å². The van der Waals surface area contributed by atoms with E-state index in [1.165, 1.54) is 6.92 Å². The van der Waals surface area contributed by atoms with Gasteiger partial charge in [-0.05, 0) is 31.6 Å². The molecule has 0 amide bonds. The topological polar surface area (TPSA) is 69.9 Å². The van der Waals surface area contributed by atoms with Gasteiger partial charge < -0.3 is 10.3 Å². The maximum atomic E-state index is 11.1. The Morgan fingerprint density at radius 2 is 1.94 bits per heavy atom. The van der Waals surface area contributed by atoms with Crippen LogP contribution < -0.4 is 0 Å². The fourth-order valence-corrected chi connectivity index (χ4v) is 2.26. The van der Waals surface area contributed by atoms with Crippen molar-refractivity contribution in [2.24, 2.45) is 11.1 Å². The van der Waals surface area contributed by atoms with E-state index in [2.05, 4.69) is 5.16 Å². The number of Topliss-reactive ketones (excluding diaryl/α,β-unsaturated/α-hetero) is 1. The molecule has 0 radical (unpaired) electrons. The molecule has 2 N–H and O–H groups in total. The van der Waals surface area contributed by atoms with Crippen LogP contribution in [-0.2, 0) is 4.79 Å². The summed E-state index contributed by atoms with van der Waals surface area (Å²) in [6.45, 7) is 1.42. The molecule has 1 rings (SSSR count). The molecule has 2 atom stereocenters. The summed E-state index contributed by atoms with van der Waals surface area (Å²) in [6.07, 6.45) is 6.11. The molecule has 4 heteroatoms. The second kappa shape index (κ2) is 6.63. The van der Waals surface area contributed by atoms with Gasteiger partial charge in [-0.15, -0.1) is 0 Å². The van der Waals surface area contributed by atoms with Gasteiger partial charge in [-0.3, -0.25) is 4.79 Å². The van der Waals surface area contributed by atoms with Crippen molar-refractivity contribution in [1.82, 2.24) is 0 Å². The first kappa shape index (κ1) is 13.2. The summed E-state index contributed by atoms with van der Waals surface area (Å²) in [4.78, 5) is 11.1. The quantitative estimate of drug-likeness (QED) is 0.441. The Balaban J connectivity index is 2.48. The van der Waals surface area contributed by atoms with Crippen LogP contribution in [0.15, 0.2) is 5.16 Å². The smallest absolute Gasteiger partial charge is 0.177 e. The predicted molar refractivity (Wildman–Crippen MR) is 61.7 cm³/mol. The number of ketones is 1. The van der Waals surface area contributed by atoms with Crippen molar-refractivity contribution >= 4 is 11.5 Å². The van der Waals surface area contributed by atoms with Crippen LogP contribution in [0.1, 0.15) is 51.9 Å². The van der Waals surface area contributed by atoms with Gasteiger partial charge in [0.05, 0.1) is 6.10 Å². The second-order valence-electron chi connectivity index (χ2n) is 4.69. The summed E-state index contributed by atoms with van der Waals surface area (Å²) >= 11 is 0. The second-order valence-corrected chi connectivity index (χ2v) is 4.69. The van der Waals surface area contributed by atoms with E-state index >= 15 is 0 Å². The normalized spacial score (nSPS) is 28.2. The Morgan fingerprint density at radius 1 is 1.25 bits per heavy atom. The summed E-state index contributed by atoms with van der Waals surface area (Å²) in [7, 11) is 0. The highest BCUT2D eigenvalue weighted by atomic mass is 16.4. The lowest BCUT2D eigenvalue weighted by molar-refractivity contribution is -0.111. The highest BCUT2D eigenvalue weighted by Crippen LogP contribution is 2.25. The lowest BCUT2D eigenvalue weighted by atomic mass is 9.86. The SMILES string of the molecule is CC(=O)/C(CC1CCCCC(O)CC1)=N\O. The molecule has 2 unspecified atom stereocenters. The van der Waals surface area contributed by atoms with E-state index in [0.29, 0.717) is 12.3 Å². The number of aliphatic hydroxyl groups excluding tert-OH is 1. The zero-order valence-electron chi connectivity index (χ0n) is 9.85. The monoisotopic (exact) mass is 227 g/mol. The molecule has 0 saturated heterocycles. The fraction of sp³-hybridized carbons (Fsp3) is 0.833. The van der Waals surface area contributed by atoms with Gasteiger partial charge in [0.15, 0.2) is 5.78 Å². The molecule has 1 fully saturated rings. The summed E-state index contributed by atoms with van der Waals surface area (Å²) in [5.74, 6) is 0.204. The minimum atomic E-state index is -0.199. The first-order valence-corrected chi connectivity index (χ1v) is 6.03. The first-order valence-electron chi connectivity index (χ1n) is 6.03. The van der Waals surface area contributed by atoms with Crippen LogP contribution in [0.5, 0.6) is 0 Å². The molecular formula is C12H21NO3. The number of carbonyl (C=O) groups excluding carboxylic acids is 1. The van der Waals surface area contributed by atoms with Gasteiger partial charge >= 0.3 is 0 Å². The molecule has 1 aliphatic carbocycles. The molecule has 16 heavy (non-hydrogen) atoms. The molecule has 92 valence electrons. The number of rotatable bonds is 3. The van der Waals surface area contributed by atoms with Crippen molar-refractivity contribution in [1.29, 1.82) is 0 Å². The first-order chi connectivity index (χ1) is 7.63. The third-order valence-electron chi connectivity index (χ3n) is 3.32. The van der Waals surface area contributed by atoms with E-state index in [1.807, 2.05) is 0 Å². The highest BCUT2D eigenvalue weighted by Gasteiger charge is 2.19. The average Bonchev–Trinajstić information content (AvgIpc) is 2.23. The Morgan fingerprint density at radius 3 is 2.56 bits per heavy atom. The number of oxime groups is 1. The molecule has 1 saturated carbocycles. The third-order valence-corrected chi connectivity index (χ3v) is 3.32. The van der Waals surface area contributed by atoms with Crippen molar-refractivity contribution in [3.05, 3.63) is 0 Å². The van der Waals surface area contributed by atoms with Crippen molar-refractivity contribution in [2.75, 3.05) is 0 Å². The zero-order chi connectivity index (χ0) is 12.0. The number of aliphatic hydroxyl groups is 1. The Kier molecular flexibility index (Phi) is 5.46. The molecule has 0 heterocycles. The minimum Gasteiger partial charge on any atom is -0.411 e. The van der Waals surface area contributed by atoms with Crippen molar-refractivity contribution in [3.63, 3.8) is 0 Å². The van der Waals surface area contributed by atoms with Crippen LogP contribution in [0.2, 0.25) is 0 Å². The standard InChI is InChI=1S/C12H21NO3/c1-9(14)12(13-16)8-10-4-2-3-5-11(15)7-6-10/h10-11,15-16H,2-8H2,1H3/b13-12-.